The molecule has 0 bridgehead atoms. The molecule has 1 rings (SSSR count). The molecule has 0 amide bonds. The van der Waals surface area contributed by atoms with E-state index in [2.05, 4.69) is 5.48 Å². The van der Waals surface area contributed by atoms with E-state index >= 15 is 0 Å². The first kappa shape index (κ1) is 17.1. The quantitative estimate of drug-likeness (QED) is 0.538. The largest absolute Gasteiger partial charge is 0.481 e. The molecule has 0 saturated carbocycles. The van der Waals surface area contributed by atoms with Gasteiger partial charge in [-0.15, -0.1) is 0 Å². The molecule has 0 aliphatic rings. The van der Waals surface area contributed by atoms with Crippen molar-refractivity contribution in [1.82, 2.24) is 5.48 Å². The van der Waals surface area contributed by atoms with E-state index in [1.807, 2.05) is 19.1 Å². The molecule has 1 atom stereocenters. The Hall–Kier alpha value is -0.910. The van der Waals surface area contributed by atoms with Gasteiger partial charge in [0.2, 0.25) is 0 Å². The van der Waals surface area contributed by atoms with E-state index in [9.17, 15) is 4.57 Å². The molecule has 0 spiro atoms. The van der Waals surface area contributed by atoms with Gasteiger partial charge in [-0.1, -0.05) is 12.1 Å². The summed E-state index contributed by atoms with van der Waals surface area (Å²) in [5.74, 6) is 0.568. The number of nitrogens with one attached hydrogen (secondary N) is 1. The van der Waals surface area contributed by atoms with Crippen LogP contribution in [0.4, 0.5) is 0 Å². The van der Waals surface area contributed by atoms with Gasteiger partial charge in [-0.25, -0.2) is 0 Å². The van der Waals surface area contributed by atoms with E-state index in [1.54, 1.807) is 26.0 Å². The molecule has 0 aliphatic heterocycles. The van der Waals surface area contributed by atoms with E-state index < -0.39 is 7.60 Å². The fourth-order valence-electron chi connectivity index (χ4n) is 1.59. The summed E-state index contributed by atoms with van der Waals surface area (Å²) < 4.78 is 27.9. The topological polar surface area (TPSA) is 77.0 Å². The lowest BCUT2D eigenvalue weighted by atomic mass is 10.1. The fraction of sp³-hybridized carbons (Fsp3) is 0.538. The third-order valence-corrected chi connectivity index (χ3v) is 4.36. The van der Waals surface area contributed by atoms with E-state index in [0.717, 1.165) is 5.56 Å². The van der Waals surface area contributed by atoms with Crippen molar-refractivity contribution in [1.29, 1.82) is 0 Å². The van der Waals surface area contributed by atoms with Crippen molar-refractivity contribution in [2.75, 3.05) is 19.6 Å². The van der Waals surface area contributed by atoms with E-state index in [-0.39, 0.29) is 12.4 Å². The second kappa shape index (κ2) is 8.39. The molecular formula is C13H22NO5P. The maximum Gasteiger partial charge on any atom is 0.367 e. The van der Waals surface area contributed by atoms with E-state index in [1.165, 1.54) is 0 Å². The lowest BCUT2D eigenvalue weighted by Crippen LogP contribution is -2.12. The minimum absolute atomic E-state index is 0.123. The summed E-state index contributed by atoms with van der Waals surface area (Å²) in [5, 5.41) is 8.83. The summed E-state index contributed by atoms with van der Waals surface area (Å²) in [5.41, 5.74) is 3.08. The van der Waals surface area contributed by atoms with Crippen LogP contribution in [0.3, 0.4) is 0 Å². The van der Waals surface area contributed by atoms with Gasteiger partial charge >= 0.3 is 7.60 Å². The lowest BCUT2D eigenvalue weighted by molar-refractivity contribution is 0.133. The Balaban J connectivity index is 2.62. The van der Waals surface area contributed by atoms with Crippen LogP contribution in [0.5, 0.6) is 5.75 Å². The van der Waals surface area contributed by atoms with Crippen molar-refractivity contribution in [2.24, 2.45) is 0 Å². The van der Waals surface area contributed by atoms with E-state index in [0.29, 0.717) is 19.0 Å². The number of benzene rings is 1. The van der Waals surface area contributed by atoms with Crippen molar-refractivity contribution in [3.63, 3.8) is 0 Å². The number of rotatable bonds is 9. The predicted octanol–water partition coefficient (Wildman–Crippen LogP) is 3.33. The molecule has 6 nitrogen and oxygen atoms in total. The summed E-state index contributed by atoms with van der Waals surface area (Å²) >= 11 is 0. The number of hydroxylamine groups is 1. The third-order valence-electron chi connectivity index (χ3n) is 2.61. The summed E-state index contributed by atoms with van der Waals surface area (Å²) in [6.07, 6.45) is -0.123. The van der Waals surface area contributed by atoms with Gasteiger partial charge in [0, 0.05) is 0 Å². The minimum atomic E-state index is -3.20. The van der Waals surface area contributed by atoms with E-state index in [4.69, 9.17) is 19.0 Å². The van der Waals surface area contributed by atoms with Gasteiger partial charge in [0.05, 0.1) is 19.3 Å². The second-order valence-electron chi connectivity index (χ2n) is 4.14. The van der Waals surface area contributed by atoms with Gasteiger partial charge in [-0.2, -0.15) is 5.48 Å². The zero-order valence-electron chi connectivity index (χ0n) is 12.0. The maximum atomic E-state index is 12.2. The molecule has 7 heteroatoms. The highest BCUT2D eigenvalue weighted by Crippen LogP contribution is 2.47. The first-order valence-electron chi connectivity index (χ1n) is 6.55. The highest BCUT2D eigenvalue weighted by Gasteiger charge is 2.24. The maximum absolute atomic E-state index is 12.2. The highest BCUT2D eigenvalue weighted by molar-refractivity contribution is 7.53. The van der Waals surface area contributed by atoms with Crippen LogP contribution in [0, 0.1) is 0 Å². The second-order valence-corrected chi connectivity index (χ2v) is 6.14. The smallest absolute Gasteiger partial charge is 0.367 e. The number of ether oxygens (including phenoxy) is 1. The Morgan fingerprint density at radius 2 is 1.75 bits per heavy atom. The van der Waals surface area contributed by atoms with Gasteiger partial charge in [0.25, 0.3) is 0 Å². The summed E-state index contributed by atoms with van der Waals surface area (Å²) in [4.78, 5) is 0. The van der Waals surface area contributed by atoms with Crippen LogP contribution in [0.1, 0.15) is 32.4 Å². The zero-order valence-corrected chi connectivity index (χ0v) is 12.9. The molecule has 2 N–H and O–H groups in total. The van der Waals surface area contributed by atoms with Gasteiger partial charge < -0.3 is 19.0 Å². The van der Waals surface area contributed by atoms with Crippen LogP contribution in [0.2, 0.25) is 0 Å². The first-order valence-corrected chi connectivity index (χ1v) is 8.28. The average molecular weight is 303 g/mol. The summed E-state index contributed by atoms with van der Waals surface area (Å²) in [6, 6.07) is 6.95. The van der Waals surface area contributed by atoms with Crippen LogP contribution in [0.15, 0.2) is 24.3 Å². The molecule has 114 valence electrons. The average Bonchev–Trinajstić information content (AvgIpc) is 2.45. The molecule has 20 heavy (non-hydrogen) atoms. The van der Waals surface area contributed by atoms with Gasteiger partial charge in [0.15, 0.2) is 6.35 Å². The zero-order chi connectivity index (χ0) is 15.0. The molecule has 1 aromatic rings. The molecule has 0 heterocycles. The Morgan fingerprint density at radius 1 is 1.20 bits per heavy atom. The third kappa shape index (κ3) is 5.23. The van der Waals surface area contributed by atoms with Crippen LogP contribution < -0.4 is 10.2 Å². The van der Waals surface area contributed by atoms with Crippen molar-refractivity contribution in [3.8, 4) is 5.75 Å². The normalized spacial score (nSPS) is 13.2. The van der Waals surface area contributed by atoms with Crippen LogP contribution in [0.25, 0.3) is 0 Å². The molecule has 0 aromatic heterocycles. The molecule has 1 aromatic carbocycles. The summed E-state index contributed by atoms with van der Waals surface area (Å²) in [7, 11) is -3.20. The van der Waals surface area contributed by atoms with Crippen LogP contribution >= 0.6 is 7.60 Å². The predicted molar refractivity (Wildman–Crippen MR) is 76.1 cm³/mol. The van der Waals surface area contributed by atoms with Crippen molar-refractivity contribution in [2.45, 2.75) is 26.8 Å². The standard InChI is InChI=1S/C13H22NO5P/c1-4-18-20(16,19-5-2)10-17-13-8-6-12(7-9-13)11(3)14-15/h6-9,11,14-15H,4-5,10H2,1-3H3. The van der Waals surface area contributed by atoms with Crippen LogP contribution in [-0.2, 0) is 13.6 Å². The number of hydrogen-bond acceptors (Lipinski definition) is 6. The monoisotopic (exact) mass is 303 g/mol. The Kier molecular flexibility index (Phi) is 7.19. The molecule has 0 aliphatic carbocycles. The van der Waals surface area contributed by atoms with Gasteiger partial charge in [0.1, 0.15) is 5.75 Å². The minimum Gasteiger partial charge on any atom is -0.481 e. The Bertz CT molecular complexity index is 427. The number of hydrogen-bond donors (Lipinski definition) is 2. The van der Waals surface area contributed by atoms with Gasteiger partial charge in [-0.05, 0) is 38.5 Å². The molecule has 0 radical (unpaired) electrons. The van der Waals surface area contributed by atoms with Crippen LogP contribution in [-0.4, -0.2) is 24.8 Å². The molecule has 0 saturated heterocycles. The fourth-order valence-corrected chi connectivity index (χ4v) is 2.90. The SMILES string of the molecule is CCOP(=O)(COc1ccc(C(C)NO)cc1)OCC. The Morgan fingerprint density at radius 3 is 2.20 bits per heavy atom. The molecular weight excluding hydrogens is 281 g/mol. The highest BCUT2D eigenvalue weighted by atomic mass is 31.2. The van der Waals surface area contributed by atoms with Crippen molar-refractivity contribution >= 4 is 7.60 Å². The van der Waals surface area contributed by atoms with Crippen molar-refractivity contribution in [3.05, 3.63) is 29.8 Å². The summed E-state index contributed by atoms with van der Waals surface area (Å²) in [6.45, 7) is 5.94. The lowest BCUT2D eigenvalue weighted by Gasteiger charge is -2.17. The molecule has 1 unspecified atom stereocenters. The van der Waals surface area contributed by atoms with Gasteiger partial charge in [-0.3, -0.25) is 4.57 Å². The van der Waals surface area contributed by atoms with Crippen molar-refractivity contribution < 1.29 is 23.6 Å². The molecule has 0 fully saturated rings. The first-order chi connectivity index (χ1) is 9.54. The Labute approximate surface area is 119 Å².